The number of thiophene rings is 1. The van der Waals surface area contributed by atoms with Crippen LogP contribution in [-0.4, -0.2) is 13.2 Å². The largest absolute Gasteiger partial charge is 0.489 e. The first-order valence-corrected chi connectivity index (χ1v) is 8.59. The number of halogens is 2. The Morgan fingerprint density at radius 3 is 2.70 bits per heavy atom. The summed E-state index contributed by atoms with van der Waals surface area (Å²) in [4.78, 5) is 1.18. The molecule has 0 saturated heterocycles. The molecule has 1 aliphatic rings. The normalized spacial score (nSPS) is 19.4. The van der Waals surface area contributed by atoms with Crippen LogP contribution in [0.1, 0.15) is 22.2 Å². The molecule has 2 atom stereocenters. The summed E-state index contributed by atoms with van der Waals surface area (Å²) in [6, 6.07) is 7.97. The fourth-order valence-corrected chi connectivity index (χ4v) is 4.22. The Balaban J connectivity index is 1.91. The Morgan fingerprint density at radius 1 is 1.25 bits per heavy atom. The van der Waals surface area contributed by atoms with Crippen molar-refractivity contribution in [3.63, 3.8) is 0 Å². The van der Waals surface area contributed by atoms with Crippen LogP contribution in [0.15, 0.2) is 29.6 Å². The molecule has 2 unspecified atom stereocenters. The van der Waals surface area contributed by atoms with E-state index in [2.05, 4.69) is 22.9 Å². The molecule has 3 rings (SSSR count). The topological polar surface area (TPSA) is 18.5 Å². The predicted molar refractivity (Wildman–Crippen MR) is 86.7 cm³/mol. The second kappa shape index (κ2) is 5.96. The third-order valence-corrected chi connectivity index (χ3v) is 5.90. The highest BCUT2D eigenvalue weighted by Gasteiger charge is 2.20. The van der Waals surface area contributed by atoms with E-state index in [1.165, 1.54) is 0 Å². The van der Waals surface area contributed by atoms with E-state index >= 15 is 0 Å². The van der Waals surface area contributed by atoms with Crippen molar-refractivity contribution in [3.8, 4) is 11.5 Å². The molecule has 0 saturated carbocycles. The lowest BCUT2D eigenvalue weighted by atomic mass is 10.1. The van der Waals surface area contributed by atoms with Crippen LogP contribution in [0.3, 0.4) is 0 Å². The van der Waals surface area contributed by atoms with E-state index in [1.54, 1.807) is 11.3 Å². The second-order valence-electron chi connectivity index (χ2n) is 4.93. The van der Waals surface area contributed by atoms with Crippen molar-refractivity contribution in [1.82, 2.24) is 0 Å². The number of rotatable bonds is 2. The van der Waals surface area contributed by atoms with Gasteiger partial charge < -0.3 is 9.47 Å². The van der Waals surface area contributed by atoms with Crippen molar-refractivity contribution in [1.29, 1.82) is 0 Å². The summed E-state index contributed by atoms with van der Waals surface area (Å²) in [5, 5.41) is 2.79. The number of benzene rings is 1. The van der Waals surface area contributed by atoms with Gasteiger partial charge in [0.25, 0.3) is 0 Å². The SMILES string of the molecule is CC1COc2ccc(C(Br)c3sccc3Cl)cc2OC1. The van der Waals surface area contributed by atoms with Crippen LogP contribution in [0.25, 0.3) is 0 Å². The highest BCUT2D eigenvalue weighted by Crippen LogP contribution is 2.41. The molecule has 2 heterocycles. The van der Waals surface area contributed by atoms with E-state index in [1.807, 2.05) is 29.6 Å². The lowest BCUT2D eigenvalue weighted by Crippen LogP contribution is -2.12. The summed E-state index contributed by atoms with van der Waals surface area (Å²) in [7, 11) is 0. The zero-order chi connectivity index (χ0) is 14.1. The van der Waals surface area contributed by atoms with E-state index in [0.717, 1.165) is 27.0 Å². The van der Waals surface area contributed by atoms with Gasteiger partial charge in [-0.05, 0) is 29.1 Å². The van der Waals surface area contributed by atoms with E-state index in [-0.39, 0.29) is 4.83 Å². The van der Waals surface area contributed by atoms with Gasteiger partial charge in [-0.1, -0.05) is 40.5 Å². The fourth-order valence-electron chi connectivity index (χ4n) is 2.06. The Morgan fingerprint density at radius 2 is 2.00 bits per heavy atom. The van der Waals surface area contributed by atoms with Gasteiger partial charge in [0, 0.05) is 10.8 Å². The molecule has 1 aromatic carbocycles. The zero-order valence-corrected chi connectivity index (χ0v) is 14.1. The number of hydrogen-bond acceptors (Lipinski definition) is 3. The van der Waals surface area contributed by atoms with E-state index in [9.17, 15) is 0 Å². The van der Waals surface area contributed by atoms with Crippen LogP contribution < -0.4 is 9.47 Å². The van der Waals surface area contributed by atoms with E-state index < -0.39 is 0 Å². The minimum atomic E-state index is 0.0737. The van der Waals surface area contributed by atoms with Crippen LogP contribution in [0.2, 0.25) is 5.02 Å². The second-order valence-corrected chi connectivity index (χ2v) is 7.20. The van der Waals surface area contributed by atoms with Crippen molar-refractivity contribution in [3.05, 3.63) is 45.1 Å². The summed E-state index contributed by atoms with van der Waals surface area (Å²) in [6.45, 7) is 3.50. The monoisotopic (exact) mass is 372 g/mol. The molecule has 0 spiro atoms. The lowest BCUT2D eigenvalue weighted by Gasteiger charge is -2.13. The van der Waals surface area contributed by atoms with Gasteiger partial charge in [-0.3, -0.25) is 0 Å². The van der Waals surface area contributed by atoms with Gasteiger partial charge in [-0.15, -0.1) is 11.3 Å². The standard InChI is InChI=1S/C15H14BrClO2S/c1-9-7-18-12-3-2-10(6-13(12)19-8-9)14(16)15-11(17)4-5-20-15/h2-6,9,14H,7-8H2,1H3. The van der Waals surface area contributed by atoms with E-state index in [4.69, 9.17) is 21.1 Å². The Kier molecular flexibility index (Phi) is 4.24. The Hall–Kier alpha value is -0.710. The van der Waals surface area contributed by atoms with Gasteiger partial charge in [0.15, 0.2) is 11.5 Å². The summed E-state index contributed by atoms with van der Waals surface area (Å²) in [6.07, 6.45) is 0. The van der Waals surface area contributed by atoms with Crippen molar-refractivity contribution < 1.29 is 9.47 Å². The molecular formula is C15H14BrClO2S. The van der Waals surface area contributed by atoms with Crippen molar-refractivity contribution in [2.45, 2.75) is 11.8 Å². The van der Waals surface area contributed by atoms with Crippen LogP contribution in [-0.2, 0) is 0 Å². The average Bonchev–Trinajstić information content (AvgIpc) is 2.79. The van der Waals surface area contributed by atoms with Crippen LogP contribution >= 0.6 is 38.9 Å². The molecule has 0 aliphatic carbocycles. The maximum Gasteiger partial charge on any atom is 0.161 e. The van der Waals surface area contributed by atoms with Gasteiger partial charge in [0.05, 0.1) is 23.1 Å². The first-order valence-electron chi connectivity index (χ1n) is 6.41. The number of fused-ring (bicyclic) bond motifs is 1. The molecule has 20 heavy (non-hydrogen) atoms. The molecule has 5 heteroatoms. The van der Waals surface area contributed by atoms with Gasteiger partial charge in [-0.25, -0.2) is 0 Å². The van der Waals surface area contributed by atoms with Gasteiger partial charge in [-0.2, -0.15) is 0 Å². The summed E-state index contributed by atoms with van der Waals surface area (Å²) < 4.78 is 11.6. The summed E-state index contributed by atoms with van der Waals surface area (Å²) >= 11 is 11.6. The Labute approximate surface area is 135 Å². The molecule has 0 N–H and O–H groups in total. The molecule has 2 nitrogen and oxygen atoms in total. The third kappa shape index (κ3) is 2.83. The highest BCUT2D eigenvalue weighted by molar-refractivity contribution is 9.09. The first-order chi connectivity index (χ1) is 9.65. The molecule has 0 radical (unpaired) electrons. The summed E-state index contributed by atoms with van der Waals surface area (Å²) in [5.41, 5.74) is 1.12. The van der Waals surface area contributed by atoms with Gasteiger partial charge in [0.2, 0.25) is 0 Å². The van der Waals surface area contributed by atoms with Crippen LogP contribution in [0.5, 0.6) is 11.5 Å². The zero-order valence-electron chi connectivity index (χ0n) is 10.9. The molecular weight excluding hydrogens is 360 g/mol. The Bertz CT molecular complexity index is 614. The van der Waals surface area contributed by atoms with Gasteiger partial charge >= 0.3 is 0 Å². The van der Waals surface area contributed by atoms with Crippen molar-refractivity contribution in [2.24, 2.45) is 5.92 Å². The molecule has 1 aromatic heterocycles. The molecule has 0 amide bonds. The maximum atomic E-state index is 6.20. The van der Waals surface area contributed by atoms with Crippen molar-refractivity contribution >= 4 is 38.9 Å². The average molecular weight is 374 g/mol. The molecule has 0 bridgehead atoms. The molecule has 0 fully saturated rings. The number of ether oxygens (including phenoxy) is 2. The van der Waals surface area contributed by atoms with Gasteiger partial charge in [0.1, 0.15) is 0 Å². The van der Waals surface area contributed by atoms with Crippen molar-refractivity contribution in [2.75, 3.05) is 13.2 Å². The molecule has 2 aromatic rings. The lowest BCUT2D eigenvalue weighted by molar-refractivity contribution is 0.228. The summed E-state index contributed by atoms with van der Waals surface area (Å²) in [5.74, 6) is 2.02. The van der Waals surface area contributed by atoms with E-state index in [0.29, 0.717) is 19.1 Å². The maximum absolute atomic E-state index is 6.20. The quantitative estimate of drug-likeness (QED) is 0.666. The van der Waals surface area contributed by atoms with Crippen LogP contribution in [0, 0.1) is 5.92 Å². The molecule has 106 valence electrons. The smallest absolute Gasteiger partial charge is 0.161 e. The highest BCUT2D eigenvalue weighted by atomic mass is 79.9. The number of hydrogen-bond donors (Lipinski definition) is 0. The number of alkyl halides is 1. The first kappa shape index (κ1) is 14.2. The third-order valence-electron chi connectivity index (χ3n) is 3.18. The molecule has 1 aliphatic heterocycles. The minimum Gasteiger partial charge on any atom is -0.489 e. The predicted octanol–water partition coefficient (Wildman–Crippen LogP) is 5.29. The minimum absolute atomic E-state index is 0.0737. The fraction of sp³-hybridized carbons (Fsp3) is 0.333. The van der Waals surface area contributed by atoms with Crippen LogP contribution in [0.4, 0.5) is 0 Å².